The van der Waals surface area contributed by atoms with Gasteiger partial charge in [0, 0.05) is 12.6 Å². The van der Waals surface area contributed by atoms with Crippen LogP contribution in [-0.4, -0.2) is 31.1 Å². The Bertz CT molecular complexity index is 476. The van der Waals surface area contributed by atoms with Gasteiger partial charge in [-0.05, 0) is 12.5 Å². The van der Waals surface area contributed by atoms with E-state index in [1.54, 1.807) is 0 Å². The minimum Gasteiger partial charge on any atom is -0.493 e. The fourth-order valence-electron chi connectivity index (χ4n) is 1.49. The number of hydrogen-bond donors (Lipinski definition) is 1. The number of carbonyl (C=O) groups is 1. The number of unbranched alkanes of at least 4 members (excludes halogenated alkanes) is 1. The van der Waals surface area contributed by atoms with Crippen molar-refractivity contribution in [1.82, 2.24) is 5.32 Å². The molecule has 0 aliphatic rings. The van der Waals surface area contributed by atoms with Gasteiger partial charge in [-0.2, -0.15) is 0 Å². The number of methoxy groups -OCH3 is 1. The molecule has 0 spiro atoms. The summed E-state index contributed by atoms with van der Waals surface area (Å²) in [6.07, 6.45) is 1.88. The third-order valence-electron chi connectivity index (χ3n) is 2.57. The Labute approximate surface area is 117 Å². The molecule has 0 atom stereocenters. The number of non-ortho nitro benzene ring substituents is 1. The summed E-state index contributed by atoms with van der Waals surface area (Å²) in [6, 6.07) is 3.98. The molecule has 1 aromatic rings. The molecule has 110 valence electrons. The molecular weight excluding hydrogens is 264 g/mol. The molecule has 0 fully saturated rings. The Balaban J connectivity index is 2.63. The van der Waals surface area contributed by atoms with E-state index in [1.807, 2.05) is 6.92 Å². The summed E-state index contributed by atoms with van der Waals surface area (Å²) >= 11 is 0. The van der Waals surface area contributed by atoms with Crippen LogP contribution in [-0.2, 0) is 4.79 Å². The van der Waals surface area contributed by atoms with E-state index in [-0.39, 0.29) is 24.0 Å². The molecule has 1 N–H and O–H groups in total. The van der Waals surface area contributed by atoms with Crippen LogP contribution in [0.1, 0.15) is 19.8 Å². The van der Waals surface area contributed by atoms with Crippen molar-refractivity contribution in [2.75, 3.05) is 20.3 Å². The summed E-state index contributed by atoms with van der Waals surface area (Å²) in [5.74, 6) is 0.247. The number of amides is 1. The van der Waals surface area contributed by atoms with E-state index in [1.165, 1.54) is 25.3 Å². The number of nitro benzene ring substituents is 1. The van der Waals surface area contributed by atoms with Gasteiger partial charge in [0.05, 0.1) is 18.1 Å². The maximum absolute atomic E-state index is 11.5. The highest BCUT2D eigenvalue weighted by Crippen LogP contribution is 2.30. The molecule has 0 bridgehead atoms. The first-order chi connectivity index (χ1) is 9.58. The van der Waals surface area contributed by atoms with Crippen molar-refractivity contribution < 1.29 is 19.2 Å². The molecule has 0 radical (unpaired) electrons. The number of nitrogens with one attached hydrogen (secondary N) is 1. The van der Waals surface area contributed by atoms with Gasteiger partial charge in [-0.25, -0.2) is 0 Å². The number of nitro groups is 1. The van der Waals surface area contributed by atoms with Crippen LogP contribution < -0.4 is 14.8 Å². The van der Waals surface area contributed by atoms with Crippen molar-refractivity contribution in [2.45, 2.75) is 19.8 Å². The first kappa shape index (κ1) is 15.7. The van der Waals surface area contributed by atoms with Crippen molar-refractivity contribution in [2.24, 2.45) is 0 Å². The molecule has 7 heteroatoms. The van der Waals surface area contributed by atoms with Crippen molar-refractivity contribution >= 4 is 11.6 Å². The predicted octanol–water partition coefficient (Wildman–Crippen LogP) is 1.90. The summed E-state index contributed by atoms with van der Waals surface area (Å²) < 4.78 is 10.3. The lowest BCUT2D eigenvalue weighted by atomic mass is 10.3. The van der Waals surface area contributed by atoms with Crippen LogP contribution in [0.4, 0.5) is 5.69 Å². The second-order valence-corrected chi connectivity index (χ2v) is 4.08. The smallest absolute Gasteiger partial charge is 0.273 e. The summed E-state index contributed by atoms with van der Waals surface area (Å²) in [4.78, 5) is 21.7. The lowest BCUT2D eigenvalue weighted by Gasteiger charge is -2.10. The SMILES string of the molecule is CCCCNC(=O)COc1cc([N+](=O)[O-])ccc1OC. The lowest BCUT2D eigenvalue weighted by molar-refractivity contribution is -0.385. The highest BCUT2D eigenvalue weighted by Gasteiger charge is 2.13. The highest BCUT2D eigenvalue weighted by molar-refractivity contribution is 5.77. The molecule has 7 nitrogen and oxygen atoms in total. The van der Waals surface area contributed by atoms with Crippen LogP contribution in [0.3, 0.4) is 0 Å². The van der Waals surface area contributed by atoms with E-state index in [4.69, 9.17) is 9.47 Å². The molecular formula is C13H18N2O5. The fraction of sp³-hybridized carbons (Fsp3) is 0.462. The van der Waals surface area contributed by atoms with Gasteiger partial charge in [-0.3, -0.25) is 14.9 Å². The van der Waals surface area contributed by atoms with Gasteiger partial charge in [-0.1, -0.05) is 13.3 Å². The Hall–Kier alpha value is -2.31. The van der Waals surface area contributed by atoms with Gasteiger partial charge in [0.1, 0.15) is 0 Å². The minimum absolute atomic E-state index is 0.118. The average molecular weight is 282 g/mol. The van der Waals surface area contributed by atoms with E-state index >= 15 is 0 Å². The molecule has 20 heavy (non-hydrogen) atoms. The van der Waals surface area contributed by atoms with Crippen LogP contribution in [0.15, 0.2) is 18.2 Å². The maximum atomic E-state index is 11.5. The van der Waals surface area contributed by atoms with Gasteiger partial charge in [0.25, 0.3) is 11.6 Å². The summed E-state index contributed by atoms with van der Waals surface area (Å²) in [6.45, 7) is 2.41. The van der Waals surface area contributed by atoms with Gasteiger partial charge in [-0.15, -0.1) is 0 Å². The Morgan fingerprint density at radius 2 is 2.15 bits per heavy atom. The number of hydrogen-bond acceptors (Lipinski definition) is 5. The van der Waals surface area contributed by atoms with Crippen LogP contribution >= 0.6 is 0 Å². The quantitative estimate of drug-likeness (QED) is 0.446. The third kappa shape index (κ3) is 4.75. The number of carbonyl (C=O) groups excluding carboxylic acids is 1. The fourth-order valence-corrected chi connectivity index (χ4v) is 1.49. The molecule has 0 aliphatic carbocycles. The molecule has 0 heterocycles. The second-order valence-electron chi connectivity index (χ2n) is 4.08. The third-order valence-corrected chi connectivity index (χ3v) is 2.57. The van der Waals surface area contributed by atoms with Crippen LogP contribution in [0.25, 0.3) is 0 Å². The van der Waals surface area contributed by atoms with Crippen LogP contribution in [0, 0.1) is 10.1 Å². The van der Waals surface area contributed by atoms with Crippen LogP contribution in [0.2, 0.25) is 0 Å². The molecule has 0 saturated heterocycles. The summed E-state index contributed by atoms with van der Waals surface area (Å²) in [5, 5.41) is 13.4. The Morgan fingerprint density at radius 3 is 2.75 bits per heavy atom. The Kier molecular flexibility index (Phi) is 6.28. The maximum Gasteiger partial charge on any atom is 0.273 e. The van der Waals surface area contributed by atoms with Gasteiger partial charge < -0.3 is 14.8 Å². The molecule has 1 rings (SSSR count). The lowest BCUT2D eigenvalue weighted by Crippen LogP contribution is -2.29. The number of benzene rings is 1. The minimum atomic E-state index is -0.534. The number of rotatable bonds is 8. The monoisotopic (exact) mass is 282 g/mol. The van der Waals surface area contributed by atoms with Crippen molar-refractivity contribution in [3.63, 3.8) is 0 Å². The largest absolute Gasteiger partial charge is 0.493 e. The van der Waals surface area contributed by atoms with Crippen molar-refractivity contribution in [3.05, 3.63) is 28.3 Å². The molecule has 0 aliphatic heterocycles. The number of nitrogens with zero attached hydrogens (tertiary/aromatic N) is 1. The molecule has 1 aromatic carbocycles. The normalized spacial score (nSPS) is 9.90. The van der Waals surface area contributed by atoms with E-state index < -0.39 is 4.92 Å². The van der Waals surface area contributed by atoms with E-state index in [9.17, 15) is 14.9 Å². The van der Waals surface area contributed by atoms with Gasteiger partial charge >= 0.3 is 0 Å². The van der Waals surface area contributed by atoms with Crippen molar-refractivity contribution in [3.8, 4) is 11.5 Å². The highest BCUT2D eigenvalue weighted by atomic mass is 16.6. The second kappa shape index (κ2) is 7.98. The van der Waals surface area contributed by atoms with Gasteiger partial charge in [0.15, 0.2) is 18.1 Å². The average Bonchev–Trinajstić information content (AvgIpc) is 2.45. The first-order valence-corrected chi connectivity index (χ1v) is 6.30. The topological polar surface area (TPSA) is 90.7 Å². The Morgan fingerprint density at radius 1 is 1.40 bits per heavy atom. The number of ether oxygens (including phenoxy) is 2. The molecule has 0 aromatic heterocycles. The van der Waals surface area contributed by atoms with Gasteiger partial charge in [0.2, 0.25) is 0 Å². The van der Waals surface area contributed by atoms with E-state index in [2.05, 4.69) is 5.32 Å². The summed E-state index contributed by atoms with van der Waals surface area (Å²) in [7, 11) is 1.43. The zero-order valence-corrected chi connectivity index (χ0v) is 11.5. The predicted molar refractivity (Wildman–Crippen MR) is 73.1 cm³/mol. The van der Waals surface area contributed by atoms with E-state index in [0.717, 1.165) is 12.8 Å². The zero-order valence-electron chi connectivity index (χ0n) is 11.5. The summed E-state index contributed by atoms with van der Waals surface area (Å²) in [5.41, 5.74) is -0.118. The molecule has 0 saturated carbocycles. The van der Waals surface area contributed by atoms with E-state index in [0.29, 0.717) is 12.3 Å². The molecule has 0 unspecified atom stereocenters. The molecule has 1 amide bonds. The first-order valence-electron chi connectivity index (χ1n) is 6.30. The standard InChI is InChI=1S/C13H18N2O5/c1-3-4-7-14-13(16)9-20-12-8-10(15(17)18)5-6-11(12)19-2/h5-6,8H,3-4,7,9H2,1-2H3,(H,14,16). The zero-order chi connectivity index (χ0) is 15.0. The van der Waals surface area contributed by atoms with Crippen LogP contribution in [0.5, 0.6) is 11.5 Å². The van der Waals surface area contributed by atoms with Crippen molar-refractivity contribution in [1.29, 1.82) is 0 Å².